The van der Waals surface area contributed by atoms with E-state index in [-0.39, 0.29) is 6.04 Å². The molecule has 19 heavy (non-hydrogen) atoms. The van der Waals surface area contributed by atoms with Gasteiger partial charge >= 0.3 is 0 Å². The van der Waals surface area contributed by atoms with Gasteiger partial charge in [-0.15, -0.1) is 0 Å². The molecular formula is C12H16N4O2S. The van der Waals surface area contributed by atoms with Crippen molar-refractivity contribution in [3.8, 4) is 6.07 Å². The molecule has 0 aliphatic carbocycles. The van der Waals surface area contributed by atoms with Crippen LogP contribution in [0.5, 0.6) is 0 Å². The maximum atomic E-state index is 11.2. The standard InChI is InChI=1S/C12H16N4O2S/c1-19(17,18)15-11-3-6-16(7-4-11)12-9-14-5-2-10(12)8-13/h2,5,9,11,15H,3-4,6-7H2,1H3. The molecule has 1 aliphatic rings. The van der Waals surface area contributed by atoms with Crippen molar-refractivity contribution in [2.24, 2.45) is 0 Å². The number of pyridine rings is 1. The minimum atomic E-state index is -3.15. The van der Waals surface area contributed by atoms with E-state index in [4.69, 9.17) is 5.26 Å². The Bertz CT molecular complexity index is 586. The molecule has 0 bridgehead atoms. The van der Waals surface area contributed by atoms with Crippen LogP contribution >= 0.6 is 0 Å². The Morgan fingerprint density at radius 2 is 2.16 bits per heavy atom. The highest BCUT2D eigenvalue weighted by Crippen LogP contribution is 2.22. The van der Waals surface area contributed by atoms with E-state index in [2.05, 4.69) is 20.7 Å². The fraction of sp³-hybridized carbons (Fsp3) is 0.500. The zero-order chi connectivity index (χ0) is 13.9. The zero-order valence-corrected chi connectivity index (χ0v) is 11.5. The second-order valence-corrected chi connectivity index (χ2v) is 6.44. The number of rotatable bonds is 3. The van der Waals surface area contributed by atoms with Crippen LogP contribution in [0.3, 0.4) is 0 Å². The number of nitriles is 1. The zero-order valence-electron chi connectivity index (χ0n) is 10.7. The highest BCUT2D eigenvalue weighted by atomic mass is 32.2. The molecule has 0 unspecified atom stereocenters. The first-order chi connectivity index (χ1) is 8.99. The van der Waals surface area contributed by atoms with E-state index in [1.165, 1.54) is 6.26 Å². The van der Waals surface area contributed by atoms with E-state index in [1.54, 1.807) is 18.5 Å². The molecule has 1 aliphatic heterocycles. The fourth-order valence-corrected chi connectivity index (χ4v) is 3.11. The Hall–Kier alpha value is -1.65. The minimum Gasteiger partial charge on any atom is -0.369 e. The third-order valence-corrected chi connectivity index (χ3v) is 3.90. The monoisotopic (exact) mass is 280 g/mol. The largest absolute Gasteiger partial charge is 0.369 e. The summed E-state index contributed by atoms with van der Waals surface area (Å²) in [5.74, 6) is 0. The second kappa shape index (κ2) is 5.55. The molecule has 0 aromatic carbocycles. The third kappa shape index (κ3) is 3.66. The van der Waals surface area contributed by atoms with Gasteiger partial charge in [-0.1, -0.05) is 0 Å². The van der Waals surface area contributed by atoms with E-state index in [0.29, 0.717) is 18.7 Å². The lowest BCUT2D eigenvalue weighted by Crippen LogP contribution is -2.44. The maximum Gasteiger partial charge on any atom is 0.208 e. The van der Waals surface area contributed by atoms with Crippen molar-refractivity contribution in [1.29, 1.82) is 5.26 Å². The lowest BCUT2D eigenvalue weighted by Gasteiger charge is -2.33. The van der Waals surface area contributed by atoms with Crippen LogP contribution in [-0.2, 0) is 10.0 Å². The molecule has 2 rings (SSSR count). The average molecular weight is 280 g/mol. The highest BCUT2D eigenvalue weighted by molar-refractivity contribution is 7.88. The van der Waals surface area contributed by atoms with E-state index >= 15 is 0 Å². The topological polar surface area (TPSA) is 86.1 Å². The van der Waals surface area contributed by atoms with Gasteiger partial charge in [-0.05, 0) is 18.9 Å². The fourth-order valence-electron chi connectivity index (χ4n) is 2.27. The van der Waals surface area contributed by atoms with Crippen molar-refractivity contribution in [3.05, 3.63) is 24.0 Å². The molecule has 6 nitrogen and oxygen atoms in total. The summed E-state index contributed by atoms with van der Waals surface area (Å²) in [6.07, 6.45) is 5.91. The van der Waals surface area contributed by atoms with Crippen molar-refractivity contribution < 1.29 is 8.42 Å². The Kier molecular flexibility index (Phi) is 4.02. The van der Waals surface area contributed by atoms with E-state index in [9.17, 15) is 8.42 Å². The quantitative estimate of drug-likeness (QED) is 0.870. The van der Waals surface area contributed by atoms with Crippen LogP contribution in [0.4, 0.5) is 5.69 Å². The summed E-state index contributed by atoms with van der Waals surface area (Å²) in [6.45, 7) is 1.43. The van der Waals surface area contributed by atoms with Crippen LogP contribution in [0, 0.1) is 11.3 Å². The van der Waals surface area contributed by atoms with Gasteiger partial charge < -0.3 is 4.90 Å². The van der Waals surface area contributed by atoms with Crippen molar-refractivity contribution >= 4 is 15.7 Å². The molecule has 2 heterocycles. The summed E-state index contributed by atoms with van der Waals surface area (Å²) in [5.41, 5.74) is 1.42. The van der Waals surface area contributed by atoms with Crippen LogP contribution in [-0.4, -0.2) is 38.8 Å². The number of hydrogen-bond donors (Lipinski definition) is 1. The summed E-state index contributed by atoms with van der Waals surface area (Å²) in [6, 6.07) is 3.82. The van der Waals surface area contributed by atoms with Crippen molar-refractivity contribution in [2.75, 3.05) is 24.2 Å². The van der Waals surface area contributed by atoms with E-state index in [0.717, 1.165) is 18.5 Å². The molecule has 0 saturated carbocycles. The Labute approximate surface area is 113 Å². The number of anilines is 1. The summed E-state index contributed by atoms with van der Waals surface area (Å²) >= 11 is 0. The van der Waals surface area contributed by atoms with Gasteiger partial charge in [0.1, 0.15) is 6.07 Å². The van der Waals surface area contributed by atoms with Crippen molar-refractivity contribution in [2.45, 2.75) is 18.9 Å². The molecule has 0 atom stereocenters. The van der Waals surface area contributed by atoms with Gasteiger partial charge in [0.15, 0.2) is 0 Å². The van der Waals surface area contributed by atoms with Crippen LogP contribution in [0.15, 0.2) is 18.5 Å². The molecule has 7 heteroatoms. The summed E-state index contributed by atoms with van der Waals surface area (Å²) in [4.78, 5) is 6.12. The average Bonchev–Trinajstić information content (AvgIpc) is 2.38. The van der Waals surface area contributed by atoms with E-state index in [1.807, 2.05) is 0 Å². The predicted molar refractivity (Wildman–Crippen MR) is 72.2 cm³/mol. The van der Waals surface area contributed by atoms with Crippen LogP contribution in [0.25, 0.3) is 0 Å². The molecule has 0 spiro atoms. The number of aromatic nitrogens is 1. The Morgan fingerprint density at radius 1 is 1.47 bits per heavy atom. The Balaban J connectivity index is 2.02. The van der Waals surface area contributed by atoms with Crippen molar-refractivity contribution in [1.82, 2.24) is 9.71 Å². The van der Waals surface area contributed by atoms with Gasteiger partial charge in [-0.25, -0.2) is 13.1 Å². The van der Waals surface area contributed by atoms with Gasteiger partial charge in [0.05, 0.1) is 23.7 Å². The predicted octanol–water partition coefficient (Wildman–Crippen LogP) is 0.471. The first-order valence-corrected chi connectivity index (χ1v) is 7.95. The molecule has 1 aromatic rings. The molecule has 1 N–H and O–H groups in total. The van der Waals surface area contributed by atoms with Crippen LogP contribution in [0.1, 0.15) is 18.4 Å². The summed E-state index contributed by atoms with van der Waals surface area (Å²) in [7, 11) is -3.15. The molecular weight excluding hydrogens is 264 g/mol. The van der Waals surface area contributed by atoms with Crippen molar-refractivity contribution in [3.63, 3.8) is 0 Å². The molecule has 0 radical (unpaired) electrons. The number of sulfonamides is 1. The van der Waals surface area contributed by atoms with Gasteiger partial charge in [0.2, 0.25) is 10.0 Å². The van der Waals surface area contributed by atoms with Gasteiger partial charge in [0.25, 0.3) is 0 Å². The number of nitrogens with one attached hydrogen (secondary N) is 1. The number of hydrogen-bond acceptors (Lipinski definition) is 5. The molecule has 1 aromatic heterocycles. The van der Waals surface area contributed by atoms with Gasteiger partial charge in [-0.3, -0.25) is 4.98 Å². The summed E-state index contributed by atoms with van der Waals surface area (Å²) in [5, 5.41) is 9.06. The maximum absolute atomic E-state index is 11.2. The smallest absolute Gasteiger partial charge is 0.208 e. The molecule has 0 amide bonds. The van der Waals surface area contributed by atoms with Gasteiger partial charge in [-0.2, -0.15) is 5.26 Å². The number of piperidine rings is 1. The third-order valence-electron chi connectivity index (χ3n) is 3.14. The minimum absolute atomic E-state index is 0.0199. The first kappa shape index (κ1) is 13.8. The molecule has 1 fully saturated rings. The Morgan fingerprint density at radius 3 is 2.74 bits per heavy atom. The lowest BCUT2D eigenvalue weighted by atomic mass is 10.0. The normalized spacial score (nSPS) is 17.2. The van der Waals surface area contributed by atoms with Gasteiger partial charge in [0, 0.05) is 25.3 Å². The number of nitrogens with zero attached hydrogens (tertiary/aromatic N) is 3. The molecule has 102 valence electrons. The highest BCUT2D eigenvalue weighted by Gasteiger charge is 2.23. The second-order valence-electron chi connectivity index (χ2n) is 4.66. The van der Waals surface area contributed by atoms with Crippen LogP contribution < -0.4 is 9.62 Å². The van der Waals surface area contributed by atoms with E-state index < -0.39 is 10.0 Å². The SMILES string of the molecule is CS(=O)(=O)NC1CCN(c2cnccc2C#N)CC1. The molecule has 1 saturated heterocycles. The summed E-state index contributed by atoms with van der Waals surface area (Å²) < 4.78 is 25.0. The van der Waals surface area contributed by atoms with Crippen LogP contribution in [0.2, 0.25) is 0 Å². The first-order valence-electron chi connectivity index (χ1n) is 6.06. The lowest BCUT2D eigenvalue weighted by molar-refractivity contribution is 0.461.